The van der Waals surface area contributed by atoms with E-state index >= 15 is 0 Å². The normalized spacial score (nSPS) is 39.2. The molecule has 3 heteroatoms. The van der Waals surface area contributed by atoms with Gasteiger partial charge in [0.25, 0.3) is 0 Å². The molecule has 0 amide bonds. The summed E-state index contributed by atoms with van der Waals surface area (Å²) in [5, 5.41) is 3.45. The monoisotopic (exact) mass is 266 g/mol. The molecule has 2 saturated heterocycles. The van der Waals surface area contributed by atoms with Gasteiger partial charge in [-0.2, -0.15) is 0 Å². The lowest BCUT2D eigenvalue weighted by molar-refractivity contribution is -0.0512. The fourth-order valence-corrected chi connectivity index (χ4v) is 4.53. The highest BCUT2D eigenvalue weighted by atomic mass is 16.5. The van der Waals surface area contributed by atoms with Crippen molar-refractivity contribution in [1.82, 2.24) is 10.2 Å². The van der Waals surface area contributed by atoms with E-state index in [-0.39, 0.29) is 0 Å². The van der Waals surface area contributed by atoms with Crippen LogP contribution >= 0.6 is 0 Å². The van der Waals surface area contributed by atoms with Gasteiger partial charge in [0.1, 0.15) is 0 Å². The van der Waals surface area contributed by atoms with Crippen LogP contribution in [0.15, 0.2) is 0 Å². The molecule has 19 heavy (non-hydrogen) atoms. The van der Waals surface area contributed by atoms with Gasteiger partial charge < -0.3 is 15.0 Å². The third-order valence-corrected chi connectivity index (χ3v) is 5.68. The highest BCUT2D eigenvalue weighted by molar-refractivity contribution is 4.94. The second-order valence-corrected chi connectivity index (χ2v) is 7.09. The first kappa shape index (κ1) is 13.8. The van der Waals surface area contributed by atoms with Gasteiger partial charge in [-0.05, 0) is 51.6 Å². The van der Waals surface area contributed by atoms with Gasteiger partial charge in [0.15, 0.2) is 0 Å². The van der Waals surface area contributed by atoms with Crippen molar-refractivity contribution >= 4 is 0 Å². The predicted octanol–water partition coefficient (Wildman–Crippen LogP) is 2.41. The van der Waals surface area contributed by atoms with Gasteiger partial charge in [0.05, 0.1) is 11.7 Å². The molecule has 3 nitrogen and oxygen atoms in total. The average molecular weight is 266 g/mol. The van der Waals surface area contributed by atoms with Gasteiger partial charge in [0, 0.05) is 19.1 Å². The van der Waals surface area contributed by atoms with Gasteiger partial charge in [0.2, 0.25) is 0 Å². The zero-order valence-electron chi connectivity index (χ0n) is 12.7. The quantitative estimate of drug-likeness (QED) is 0.849. The Labute approximate surface area is 118 Å². The molecule has 0 bridgehead atoms. The number of nitrogens with zero attached hydrogens (tertiary/aromatic N) is 1. The molecule has 0 aromatic carbocycles. The average Bonchev–Trinajstić information content (AvgIpc) is 3.01. The molecule has 1 N–H and O–H groups in total. The van der Waals surface area contributed by atoms with Gasteiger partial charge in [-0.25, -0.2) is 0 Å². The van der Waals surface area contributed by atoms with Crippen LogP contribution in [0.5, 0.6) is 0 Å². The summed E-state index contributed by atoms with van der Waals surface area (Å²) in [5.74, 6) is 0.764. The first-order valence-corrected chi connectivity index (χ1v) is 8.28. The second-order valence-electron chi connectivity index (χ2n) is 7.09. The Hall–Kier alpha value is -0.120. The molecule has 2 aliphatic heterocycles. The molecule has 0 radical (unpaired) electrons. The molecule has 1 aliphatic carbocycles. The lowest BCUT2D eigenvalue weighted by atomic mass is 9.93. The summed E-state index contributed by atoms with van der Waals surface area (Å²) < 4.78 is 6.44. The molecule has 3 atom stereocenters. The number of likely N-dealkylation sites (tertiary alicyclic amines) is 1. The maximum absolute atomic E-state index is 6.44. The van der Waals surface area contributed by atoms with Crippen LogP contribution in [0.1, 0.15) is 51.9 Å². The highest BCUT2D eigenvalue weighted by Crippen LogP contribution is 2.43. The van der Waals surface area contributed by atoms with Crippen molar-refractivity contribution in [3.63, 3.8) is 0 Å². The number of nitrogens with one attached hydrogen (secondary N) is 1. The Morgan fingerprint density at radius 2 is 2.00 bits per heavy atom. The molecular formula is C16H30N2O. The van der Waals surface area contributed by atoms with Crippen LogP contribution in [0, 0.1) is 5.92 Å². The zero-order valence-corrected chi connectivity index (χ0v) is 12.7. The number of rotatable bonds is 3. The van der Waals surface area contributed by atoms with Crippen LogP contribution in [-0.2, 0) is 4.74 Å². The van der Waals surface area contributed by atoms with Crippen molar-refractivity contribution in [1.29, 1.82) is 0 Å². The Morgan fingerprint density at radius 1 is 1.21 bits per heavy atom. The van der Waals surface area contributed by atoms with E-state index in [1.807, 2.05) is 0 Å². The summed E-state index contributed by atoms with van der Waals surface area (Å²) in [7, 11) is 2.10. The van der Waals surface area contributed by atoms with Gasteiger partial charge >= 0.3 is 0 Å². The van der Waals surface area contributed by atoms with E-state index < -0.39 is 0 Å². The third-order valence-electron chi connectivity index (χ3n) is 5.68. The Morgan fingerprint density at radius 3 is 2.68 bits per heavy atom. The smallest absolute Gasteiger partial charge is 0.0710 e. The lowest BCUT2D eigenvalue weighted by Crippen LogP contribution is -2.49. The third kappa shape index (κ3) is 2.98. The van der Waals surface area contributed by atoms with Gasteiger partial charge in [-0.1, -0.05) is 19.8 Å². The summed E-state index contributed by atoms with van der Waals surface area (Å²) >= 11 is 0. The van der Waals surface area contributed by atoms with Crippen molar-refractivity contribution in [3.8, 4) is 0 Å². The SMILES string of the molecule is CNC1CCN(CC2CCC3(CCCC3)O2)CC1C. The topological polar surface area (TPSA) is 24.5 Å². The molecule has 0 aromatic rings. The number of hydrogen-bond donors (Lipinski definition) is 1. The second kappa shape index (κ2) is 5.71. The van der Waals surface area contributed by atoms with E-state index in [9.17, 15) is 0 Å². The van der Waals surface area contributed by atoms with E-state index in [1.165, 1.54) is 64.6 Å². The standard InChI is InChI=1S/C16H30N2O/c1-13-11-18(10-6-15(13)17-2)12-14-5-9-16(19-14)7-3-4-8-16/h13-15,17H,3-12H2,1-2H3. The predicted molar refractivity (Wildman–Crippen MR) is 78.4 cm³/mol. The Balaban J connectivity index is 1.48. The van der Waals surface area contributed by atoms with Crippen LogP contribution in [0.2, 0.25) is 0 Å². The largest absolute Gasteiger partial charge is 0.370 e. The van der Waals surface area contributed by atoms with E-state index in [0.29, 0.717) is 17.7 Å². The minimum atomic E-state index is 0.305. The van der Waals surface area contributed by atoms with Crippen LogP contribution < -0.4 is 5.32 Å². The minimum Gasteiger partial charge on any atom is -0.370 e. The molecular weight excluding hydrogens is 236 g/mol. The van der Waals surface area contributed by atoms with Crippen molar-refractivity contribution in [3.05, 3.63) is 0 Å². The van der Waals surface area contributed by atoms with Crippen molar-refractivity contribution in [2.24, 2.45) is 5.92 Å². The van der Waals surface area contributed by atoms with Crippen molar-refractivity contribution < 1.29 is 4.74 Å². The highest BCUT2D eigenvalue weighted by Gasteiger charge is 2.42. The van der Waals surface area contributed by atoms with Gasteiger partial charge in [-0.15, -0.1) is 0 Å². The zero-order chi connectivity index (χ0) is 13.3. The fourth-order valence-electron chi connectivity index (χ4n) is 4.53. The maximum Gasteiger partial charge on any atom is 0.0710 e. The summed E-state index contributed by atoms with van der Waals surface area (Å²) in [6.45, 7) is 6.02. The molecule has 1 saturated carbocycles. The molecule has 3 fully saturated rings. The molecule has 0 aromatic heterocycles. The lowest BCUT2D eigenvalue weighted by Gasteiger charge is -2.38. The first-order valence-electron chi connectivity index (χ1n) is 8.28. The van der Waals surface area contributed by atoms with Gasteiger partial charge in [-0.3, -0.25) is 0 Å². The number of piperidine rings is 1. The maximum atomic E-state index is 6.44. The van der Waals surface area contributed by atoms with Crippen molar-refractivity contribution in [2.75, 3.05) is 26.7 Å². The number of ether oxygens (including phenoxy) is 1. The summed E-state index contributed by atoms with van der Waals surface area (Å²) in [6.07, 6.45) is 9.82. The molecule has 3 unspecified atom stereocenters. The molecule has 1 spiro atoms. The van der Waals surface area contributed by atoms with E-state index in [4.69, 9.17) is 4.74 Å². The first-order chi connectivity index (χ1) is 9.21. The molecule has 110 valence electrons. The summed E-state index contributed by atoms with van der Waals surface area (Å²) in [5.41, 5.74) is 0.305. The fraction of sp³-hybridized carbons (Fsp3) is 1.00. The van der Waals surface area contributed by atoms with Crippen LogP contribution in [0.25, 0.3) is 0 Å². The minimum absolute atomic E-state index is 0.305. The van der Waals surface area contributed by atoms with Crippen LogP contribution in [-0.4, -0.2) is 49.3 Å². The van der Waals surface area contributed by atoms with Crippen LogP contribution in [0.4, 0.5) is 0 Å². The van der Waals surface area contributed by atoms with E-state index in [2.05, 4.69) is 24.2 Å². The van der Waals surface area contributed by atoms with Crippen LogP contribution in [0.3, 0.4) is 0 Å². The Bertz CT molecular complexity index is 301. The summed E-state index contributed by atoms with van der Waals surface area (Å²) in [4.78, 5) is 2.64. The molecule has 2 heterocycles. The number of hydrogen-bond acceptors (Lipinski definition) is 3. The van der Waals surface area contributed by atoms with E-state index in [0.717, 1.165) is 5.92 Å². The molecule has 3 rings (SSSR count). The van der Waals surface area contributed by atoms with Crippen molar-refractivity contribution in [2.45, 2.75) is 69.6 Å². The summed E-state index contributed by atoms with van der Waals surface area (Å²) in [6, 6.07) is 0.710. The molecule has 3 aliphatic rings. The van der Waals surface area contributed by atoms with E-state index in [1.54, 1.807) is 0 Å². The Kier molecular flexibility index (Phi) is 4.16.